The van der Waals surface area contributed by atoms with Gasteiger partial charge in [0.2, 0.25) is 0 Å². The van der Waals surface area contributed by atoms with E-state index in [1.54, 1.807) is 13.3 Å². The zero-order chi connectivity index (χ0) is 19.8. The lowest BCUT2D eigenvalue weighted by Crippen LogP contribution is -2.05. The van der Waals surface area contributed by atoms with E-state index in [9.17, 15) is 0 Å². The van der Waals surface area contributed by atoms with Gasteiger partial charge in [-0.3, -0.25) is 4.98 Å². The van der Waals surface area contributed by atoms with Crippen LogP contribution in [0.5, 0.6) is 5.75 Å². The second-order valence-corrected chi connectivity index (χ2v) is 6.96. The normalized spacial score (nSPS) is 12.3. The molecule has 142 valence electrons. The summed E-state index contributed by atoms with van der Waals surface area (Å²) in [5.41, 5.74) is 4.73. The minimum atomic E-state index is 0.0131. The summed E-state index contributed by atoms with van der Waals surface area (Å²) in [6.45, 7) is 2.11. The Morgan fingerprint density at radius 2 is 1.79 bits per heavy atom. The summed E-state index contributed by atoms with van der Waals surface area (Å²) in [6.07, 6.45) is 1.73. The highest BCUT2D eigenvalue weighted by Crippen LogP contribution is 2.27. The van der Waals surface area contributed by atoms with Gasteiger partial charge in [-0.15, -0.1) is 10.2 Å². The van der Waals surface area contributed by atoms with Crippen LogP contribution in [-0.2, 0) is 0 Å². The first-order valence-corrected chi connectivity index (χ1v) is 9.44. The third-order valence-corrected chi connectivity index (χ3v) is 5.16. The van der Waals surface area contributed by atoms with Crippen molar-refractivity contribution in [2.45, 2.75) is 12.8 Å². The van der Waals surface area contributed by atoms with Crippen molar-refractivity contribution >= 4 is 16.6 Å². The number of pyridine rings is 1. The van der Waals surface area contributed by atoms with Crippen molar-refractivity contribution < 1.29 is 4.74 Å². The van der Waals surface area contributed by atoms with Gasteiger partial charge in [-0.1, -0.05) is 43.3 Å². The van der Waals surface area contributed by atoms with Crippen LogP contribution in [0.3, 0.4) is 0 Å². The topological polar surface area (TPSA) is 65.2 Å². The maximum Gasteiger partial charge on any atom is 0.177 e. The first-order valence-electron chi connectivity index (χ1n) is 9.44. The Morgan fingerprint density at radius 1 is 0.931 bits per heavy atom. The number of fused-ring (bicyclic) bond motifs is 2. The van der Waals surface area contributed by atoms with Crippen LogP contribution < -0.4 is 4.74 Å². The third-order valence-electron chi connectivity index (χ3n) is 5.16. The van der Waals surface area contributed by atoms with Crippen LogP contribution in [0, 0.1) is 0 Å². The number of ether oxygens (including phenoxy) is 1. The lowest BCUT2D eigenvalue weighted by molar-refractivity contribution is 0.414. The molecule has 3 heterocycles. The van der Waals surface area contributed by atoms with E-state index < -0.39 is 0 Å². The Bertz CT molecular complexity index is 1310. The molecular weight excluding hydrogens is 362 g/mol. The largest absolute Gasteiger partial charge is 0.495 e. The fourth-order valence-electron chi connectivity index (χ4n) is 3.50. The van der Waals surface area contributed by atoms with Gasteiger partial charge in [-0.05, 0) is 35.9 Å². The van der Waals surface area contributed by atoms with Crippen molar-refractivity contribution in [1.82, 2.24) is 24.8 Å². The molecule has 0 bridgehead atoms. The number of rotatable bonds is 4. The molecule has 0 spiro atoms. The van der Waals surface area contributed by atoms with Crippen molar-refractivity contribution in [2.75, 3.05) is 7.11 Å². The Labute approximate surface area is 167 Å². The summed E-state index contributed by atoms with van der Waals surface area (Å²) in [6, 6.07) is 22.2. The molecule has 0 saturated carbocycles. The minimum absolute atomic E-state index is 0.0131. The van der Waals surface area contributed by atoms with Crippen molar-refractivity contribution in [1.29, 1.82) is 0 Å². The third kappa shape index (κ3) is 3.08. The van der Waals surface area contributed by atoms with Gasteiger partial charge in [0.25, 0.3) is 0 Å². The second kappa shape index (κ2) is 6.98. The quantitative estimate of drug-likeness (QED) is 0.459. The molecule has 0 fully saturated rings. The Morgan fingerprint density at radius 3 is 2.62 bits per heavy atom. The van der Waals surface area contributed by atoms with Crippen LogP contribution in [-0.4, -0.2) is 31.9 Å². The van der Waals surface area contributed by atoms with E-state index in [4.69, 9.17) is 9.84 Å². The molecule has 1 atom stereocenters. The minimum Gasteiger partial charge on any atom is -0.495 e. The smallest absolute Gasteiger partial charge is 0.177 e. The molecule has 29 heavy (non-hydrogen) atoms. The molecule has 0 saturated heterocycles. The summed E-state index contributed by atoms with van der Waals surface area (Å²) >= 11 is 0. The molecule has 1 unspecified atom stereocenters. The Hall–Kier alpha value is -3.80. The molecule has 6 heteroatoms. The average Bonchev–Trinajstić information content (AvgIpc) is 3.21. The van der Waals surface area contributed by atoms with Gasteiger partial charge in [-0.2, -0.15) is 9.61 Å². The molecule has 0 radical (unpaired) electrons. The summed E-state index contributed by atoms with van der Waals surface area (Å²) < 4.78 is 7.14. The lowest BCUT2D eigenvalue weighted by atomic mass is 9.98. The maximum atomic E-state index is 5.31. The van der Waals surface area contributed by atoms with Gasteiger partial charge in [0.1, 0.15) is 5.75 Å². The van der Waals surface area contributed by atoms with Crippen LogP contribution in [0.2, 0.25) is 0 Å². The van der Waals surface area contributed by atoms with Crippen LogP contribution >= 0.6 is 0 Å². The van der Waals surface area contributed by atoms with Gasteiger partial charge >= 0.3 is 0 Å². The SMILES string of the molecule is COc1cnc2ccc(C(C)c3nnc4ccc(-c5ccccc5)nn34)cc2c1. The highest BCUT2D eigenvalue weighted by Gasteiger charge is 2.18. The average molecular weight is 381 g/mol. The summed E-state index contributed by atoms with van der Waals surface area (Å²) in [4.78, 5) is 4.44. The van der Waals surface area contributed by atoms with E-state index >= 15 is 0 Å². The lowest BCUT2D eigenvalue weighted by Gasteiger charge is -2.12. The molecule has 0 amide bonds. The number of hydrogen-bond acceptors (Lipinski definition) is 5. The van der Waals surface area contributed by atoms with Crippen LogP contribution in [0.4, 0.5) is 0 Å². The van der Waals surface area contributed by atoms with Crippen molar-refractivity contribution in [3.8, 4) is 17.0 Å². The zero-order valence-corrected chi connectivity index (χ0v) is 16.1. The molecule has 5 aromatic rings. The van der Waals surface area contributed by atoms with Gasteiger partial charge in [0, 0.05) is 16.9 Å². The van der Waals surface area contributed by atoms with Gasteiger partial charge in [-0.25, -0.2) is 0 Å². The first-order chi connectivity index (χ1) is 14.2. The molecule has 0 aliphatic rings. The van der Waals surface area contributed by atoms with Crippen molar-refractivity contribution in [3.63, 3.8) is 0 Å². The van der Waals surface area contributed by atoms with E-state index in [-0.39, 0.29) is 5.92 Å². The molecule has 2 aromatic carbocycles. The summed E-state index contributed by atoms with van der Waals surface area (Å²) in [7, 11) is 1.65. The molecular formula is C23H19N5O. The van der Waals surface area contributed by atoms with Crippen LogP contribution in [0.1, 0.15) is 24.2 Å². The number of aromatic nitrogens is 5. The highest BCUT2D eigenvalue weighted by atomic mass is 16.5. The fourth-order valence-corrected chi connectivity index (χ4v) is 3.50. The van der Waals surface area contributed by atoms with E-state index in [1.165, 1.54) is 0 Å². The van der Waals surface area contributed by atoms with E-state index in [2.05, 4.69) is 34.2 Å². The second-order valence-electron chi connectivity index (χ2n) is 6.96. The fraction of sp³-hybridized carbons (Fsp3) is 0.130. The van der Waals surface area contributed by atoms with E-state index in [1.807, 2.05) is 59.1 Å². The molecule has 3 aromatic heterocycles. The summed E-state index contributed by atoms with van der Waals surface area (Å²) in [5.74, 6) is 1.55. The number of benzene rings is 2. The van der Waals surface area contributed by atoms with E-state index in [0.29, 0.717) is 0 Å². The summed E-state index contributed by atoms with van der Waals surface area (Å²) in [5, 5.41) is 14.6. The molecule has 0 aliphatic heterocycles. The maximum absolute atomic E-state index is 5.31. The predicted octanol–water partition coefficient (Wildman–Crippen LogP) is 4.50. The van der Waals surface area contributed by atoms with Crippen molar-refractivity contribution in [3.05, 3.63) is 84.3 Å². The van der Waals surface area contributed by atoms with Crippen molar-refractivity contribution in [2.24, 2.45) is 0 Å². The number of nitrogens with zero attached hydrogens (tertiary/aromatic N) is 5. The molecule has 6 nitrogen and oxygen atoms in total. The predicted molar refractivity (Wildman–Crippen MR) is 112 cm³/mol. The van der Waals surface area contributed by atoms with E-state index in [0.717, 1.165) is 44.9 Å². The van der Waals surface area contributed by atoms with Gasteiger partial charge in [0.15, 0.2) is 11.5 Å². The Kier molecular flexibility index (Phi) is 4.17. The van der Waals surface area contributed by atoms with Crippen LogP contribution in [0.15, 0.2) is 72.9 Å². The van der Waals surface area contributed by atoms with Crippen LogP contribution in [0.25, 0.3) is 27.8 Å². The van der Waals surface area contributed by atoms with Gasteiger partial charge < -0.3 is 4.74 Å². The first kappa shape index (κ1) is 17.3. The number of methoxy groups -OCH3 is 1. The molecule has 0 aliphatic carbocycles. The molecule has 5 rings (SSSR count). The Balaban J connectivity index is 1.58. The highest BCUT2D eigenvalue weighted by molar-refractivity contribution is 5.80. The molecule has 0 N–H and O–H groups in total. The number of hydrogen-bond donors (Lipinski definition) is 0. The zero-order valence-electron chi connectivity index (χ0n) is 16.1. The monoisotopic (exact) mass is 381 g/mol. The standard InChI is InChI=1S/C23H19N5O/c1-15(17-8-9-20-18(12-17)13-19(29-2)14-24-20)23-26-25-22-11-10-21(27-28(22)23)16-6-4-3-5-7-16/h3-15H,1-2H3. The van der Waals surface area contributed by atoms with Gasteiger partial charge in [0.05, 0.1) is 24.5 Å².